The fraction of sp³-hybridized carbons (Fsp3) is 0.167. The number of nitrogens with zero attached hydrogens (tertiary/aromatic N) is 3. The lowest BCUT2D eigenvalue weighted by Gasteiger charge is -2.14. The summed E-state index contributed by atoms with van der Waals surface area (Å²) in [5.74, 6) is -0.206. The molecule has 9 heteroatoms. The SMILES string of the molecule is Cc1nc(N(C)C(=O)Cc2cccc(-c3ccccn3)c2)sc1S(N)(=O)=O. The number of likely N-dealkylation sites (N-methyl/N-ethyl adjacent to an activating group) is 1. The average Bonchev–Trinajstić information content (AvgIpc) is 3.04. The molecule has 0 unspecified atom stereocenters. The fourth-order valence-electron chi connectivity index (χ4n) is 2.55. The molecule has 0 saturated carbocycles. The quantitative estimate of drug-likeness (QED) is 0.705. The molecule has 2 N–H and O–H groups in total. The van der Waals surface area contributed by atoms with Gasteiger partial charge in [-0.25, -0.2) is 18.5 Å². The van der Waals surface area contributed by atoms with Crippen molar-refractivity contribution in [2.45, 2.75) is 17.6 Å². The Morgan fingerprint density at radius 1 is 1.22 bits per heavy atom. The fourth-order valence-corrected chi connectivity index (χ4v) is 4.48. The number of amides is 1. The minimum absolute atomic E-state index is 0.0331. The lowest BCUT2D eigenvalue weighted by molar-refractivity contribution is -0.117. The number of carbonyl (C=O) groups is 1. The van der Waals surface area contributed by atoms with E-state index in [1.807, 2.05) is 42.5 Å². The van der Waals surface area contributed by atoms with Gasteiger partial charge >= 0.3 is 0 Å². The first kappa shape index (κ1) is 19.2. The Balaban J connectivity index is 1.80. The van der Waals surface area contributed by atoms with Gasteiger partial charge in [0, 0.05) is 18.8 Å². The largest absolute Gasteiger partial charge is 0.291 e. The van der Waals surface area contributed by atoms with Crippen LogP contribution in [0.2, 0.25) is 0 Å². The summed E-state index contributed by atoms with van der Waals surface area (Å²) >= 11 is 0.884. The van der Waals surface area contributed by atoms with Gasteiger partial charge in [-0.3, -0.25) is 14.7 Å². The van der Waals surface area contributed by atoms with E-state index in [0.29, 0.717) is 5.13 Å². The summed E-state index contributed by atoms with van der Waals surface area (Å²) in [4.78, 5) is 22.4. The number of sulfonamides is 1. The highest BCUT2D eigenvalue weighted by atomic mass is 32.2. The Morgan fingerprint density at radius 2 is 2.00 bits per heavy atom. The summed E-state index contributed by atoms with van der Waals surface area (Å²) in [7, 11) is -2.29. The summed E-state index contributed by atoms with van der Waals surface area (Å²) in [6.07, 6.45) is 1.87. The molecule has 0 aliphatic carbocycles. The number of primary sulfonamides is 1. The Morgan fingerprint density at radius 3 is 2.63 bits per heavy atom. The van der Waals surface area contributed by atoms with Crippen LogP contribution in [0.4, 0.5) is 5.13 Å². The summed E-state index contributed by atoms with van der Waals surface area (Å²) in [5, 5.41) is 5.47. The Bertz CT molecular complexity index is 1080. The molecular formula is C18H18N4O3S2. The van der Waals surface area contributed by atoms with Crippen LogP contribution in [0.3, 0.4) is 0 Å². The smallest absolute Gasteiger partial charge is 0.249 e. The maximum absolute atomic E-state index is 12.6. The predicted octanol–water partition coefficient (Wildman–Crippen LogP) is 2.37. The van der Waals surface area contributed by atoms with Crippen molar-refractivity contribution in [2.24, 2.45) is 5.14 Å². The summed E-state index contributed by atoms with van der Waals surface area (Å²) in [5.41, 5.74) is 2.86. The lowest BCUT2D eigenvalue weighted by atomic mass is 10.1. The van der Waals surface area contributed by atoms with E-state index in [-0.39, 0.29) is 22.2 Å². The number of aromatic nitrogens is 2. The first-order valence-corrected chi connectivity index (χ1v) is 10.4. The van der Waals surface area contributed by atoms with Crippen molar-refractivity contribution >= 4 is 32.4 Å². The van der Waals surface area contributed by atoms with Crippen LogP contribution >= 0.6 is 11.3 Å². The van der Waals surface area contributed by atoms with Gasteiger partial charge in [0.1, 0.15) is 0 Å². The number of benzene rings is 1. The molecule has 0 atom stereocenters. The molecule has 0 radical (unpaired) electrons. The second-order valence-corrected chi connectivity index (χ2v) is 8.69. The number of thiazole rings is 1. The van der Waals surface area contributed by atoms with Gasteiger partial charge in [-0.05, 0) is 30.7 Å². The normalized spacial score (nSPS) is 11.4. The summed E-state index contributed by atoms with van der Waals surface area (Å²) < 4.78 is 23.1. The van der Waals surface area contributed by atoms with E-state index < -0.39 is 10.0 Å². The van der Waals surface area contributed by atoms with Crippen molar-refractivity contribution in [1.82, 2.24) is 9.97 Å². The number of nitrogens with two attached hydrogens (primary N) is 1. The first-order valence-electron chi connectivity index (χ1n) is 8.03. The van der Waals surface area contributed by atoms with Crippen LogP contribution in [0.5, 0.6) is 0 Å². The zero-order valence-electron chi connectivity index (χ0n) is 14.8. The predicted molar refractivity (Wildman–Crippen MR) is 105 cm³/mol. The van der Waals surface area contributed by atoms with Crippen LogP contribution in [-0.2, 0) is 21.2 Å². The van der Waals surface area contributed by atoms with Crippen molar-refractivity contribution in [3.05, 3.63) is 59.9 Å². The molecule has 2 aromatic heterocycles. The summed E-state index contributed by atoms with van der Waals surface area (Å²) in [6.45, 7) is 1.55. The van der Waals surface area contributed by atoms with Crippen LogP contribution in [-0.4, -0.2) is 31.3 Å². The molecule has 1 aromatic carbocycles. The van der Waals surface area contributed by atoms with Gasteiger partial charge in [0.15, 0.2) is 9.34 Å². The molecule has 140 valence electrons. The van der Waals surface area contributed by atoms with Gasteiger partial charge in [-0.15, -0.1) is 0 Å². The molecule has 3 aromatic rings. The first-order chi connectivity index (χ1) is 12.8. The number of aryl methyl sites for hydroxylation is 1. The molecule has 3 rings (SSSR count). The number of hydrogen-bond acceptors (Lipinski definition) is 6. The standard InChI is InChI=1S/C18H18N4O3S2/c1-12-17(27(19,24)25)26-18(21-12)22(2)16(23)11-13-6-5-7-14(10-13)15-8-3-4-9-20-15/h3-10H,11H2,1-2H3,(H2,19,24,25). The van der Waals surface area contributed by atoms with Crippen molar-refractivity contribution in [1.29, 1.82) is 0 Å². The van der Waals surface area contributed by atoms with Gasteiger partial charge < -0.3 is 0 Å². The molecule has 0 bridgehead atoms. The molecule has 1 amide bonds. The molecule has 0 aliphatic rings. The second kappa shape index (κ2) is 7.55. The third kappa shape index (κ3) is 4.38. The number of carbonyl (C=O) groups excluding carboxylic acids is 1. The third-order valence-electron chi connectivity index (χ3n) is 3.91. The zero-order chi connectivity index (χ0) is 19.6. The molecule has 27 heavy (non-hydrogen) atoms. The average molecular weight is 403 g/mol. The maximum Gasteiger partial charge on any atom is 0.249 e. The van der Waals surface area contributed by atoms with Gasteiger partial charge in [0.25, 0.3) is 0 Å². The van der Waals surface area contributed by atoms with Crippen molar-refractivity contribution < 1.29 is 13.2 Å². The minimum Gasteiger partial charge on any atom is -0.291 e. The van der Waals surface area contributed by atoms with Crippen LogP contribution < -0.4 is 10.0 Å². The van der Waals surface area contributed by atoms with Gasteiger partial charge in [-0.1, -0.05) is 35.6 Å². The highest BCUT2D eigenvalue weighted by Gasteiger charge is 2.22. The Labute approximate surface area is 161 Å². The van der Waals surface area contributed by atoms with Gasteiger partial charge in [0.2, 0.25) is 15.9 Å². The van der Waals surface area contributed by atoms with Crippen molar-refractivity contribution in [3.63, 3.8) is 0 Å². The molecule has 7 nitrogen and oxygen atoms in total. The maximum atomic E-state index is 12.6. The molecule has 2 heterocycles. The minimum atomic E-state index is -3.86. The van der Waals surface area contributed by atoms with E-state index in [4.69, 9.17) is 5.14 Å². The van der Waals surface area contributed by atoms with Crippen LogP contribution in [0.25, 0.3) is 11.3 Å². The van der Waals surface area contributed by atoms with E-state index >= 15 is 0 Å². The number of pyridine rings is 1. The zero-order valence-corrected chi connectivity index (χ0v) is 16.4. The van der Waals surface area contributed by atoms with Crippen molar-refractivity contribution in [3.8, 4) is 11.3 Å². The monoisotopic (exact) mass is 402 g/mol. The van der Waals surface area contributed by atoms with Gasteiger partial charge in [0.05, 0.1) is 17.8 Å². The molecule has 0 saturated heterocycles. The highest BCUT2D eigenvalue weighted by Crippen LogP contribution is 2.28. The van der Waals surface area contributed by atoms with Crippen molar-refractivity contribution in [2.75, 3.05) is 11.9 Å². The molecule has 0 aliphatic heterocycles. The van der Waals surface area contributed by atoms with E-state index in [9.17, 15) is 13.2 Å². The molecule has 0 spiro atoms. The van der Waals surface area contributed by atoms with Gasteiger partial charge in [-0.2, -0.15) is 0 Å². The number of hydrogen-bond donors (Lipinski definition) is 1. The highest BCUT2D eigenvalue weighted by molar-refractivity contribution is 7.91. The number of anilines is 1. The van der Waals surface area contributed by atoms with Crippen LogP contribution in [0.1, 0.15) is 11.3 Å². The van der Waals surface area contributed by atoms with E-state index in [1.54, 1.807) is 20.2 Å². The molecular weight excluding hydrogens is 384 g/mol. The van der Waals surface area contributed by atoms with E-state index in [0.717, 1.165) is 28.2 Å². The topological polar surface area (TPSA) is 106 Å². The summed E-state index contributed by atoms with van der Waals surface area (Å²) in [6, 6.07) is 13.2. The third-order valence-corrected chi connectivity index (χ3v) is 6.69. The molecule has 0 fully saturated rings. The Kier molecular flexibility index (Phi) is 5.36. The van der Waals surface area contributed by atoms with E-state index in [1.165, 1.54) is 4.90 Å². The van der Waals surface area contributed by atoms with Crippen LogP contribution in [0, 0.1) is 6.92 Å². The van der Waals surface area contributed by atoms with E-state index in [2.05, 4.69) is 9.97 Å². The second-order valence-electron chi connectivity index (χ2n) is 5.96. The van der Waals surface area contributed by atoms with Crippen LogP contribution in [0.15, 0.2) is 52.9 Å². The number of rotatable bonds is 5. The Hall–Kier alpha value is -2.62. The lowest BCUT2D eigenvalue weighted by Crippen LogP contribution is -2.27.